The number of hydrogen-bond acceptors (Lipinski definition) is 1. The molecule has 0 heterocycles. The summed E-state index contributed by atoms with van der Waals surface area (Å²) < 4.78 is 1.39. The van der Waals surface area contributed by atoms with Crippen molar-refractivity contribution in [2.45, 2.75) is 92.6 Å². The van der Waals surface area contributed by atoms with Gasteiger partial charge in [0.1, 0.15) is 0 Å². The summed E-state index contributed by atoms with van der Waals surface area (Å²) >= 11 is -2.42. The SMILES string of the molecule is CC(C)[Si](/C(C#C[Si](C)(C)C)=[C](\CO)[Sn]([CH3])([CH3])[CH3])(C(C)C)C(C)C. The quantitative estimate of drug-likeness (QED) is 0.357. The summed E-state index contributed by atoms with van der Waals surface area (Å²) in [6.45, 7) is 21.6. The van der Waals surface area contributed by atoms with Crippen molar-refractivity contribution in [2.24, 2.45) is 0 Å². The Labute approximate surface area is 158 Å². The van der Waals surface area contributed by atoms with Gasteiger partial charge in [-0.2, -0.15) is 0 Å². The van der Waals surface area contributed by atoms with Crippen LogP contribution in [0, 0.1) is 11.5 Å². The Hall–Kier alpha value is 0.492. The summed E-state index contributed by atoms with van der Waals surface area (Å²) in [6, 6.07) is 0. The van der Waals surface area contributed by atoms with Crippen LogP contribution >= 0.6 is 0 Å². The molecule has 0 amide bonds. The molecule has 24 heavy (non-hydrogen) atoms. The van der Waals surface area contributed by atoms with Crippen molar-refractivity contribution in [1.29, 1.82) is 0 Å². The van der Waals surface area contributed by atoms with E-state index in [1.165, 1.54) is 8.79 Å². The third-order valence-electron chi connectivity index (χ3n) is 5.23. The van der Waals surface area contributed by atoms with Crippen LogP contribution in [0.4, 0.5) is 0 Å². The standard InChI is InChI=1S/C17H33OSi2.3CH3.Sn/c1-14(2)20(15(3)4,16(5)6)17(10-12-18)11-13-19(7,8)9;;;;/h14-16,18H,12H2,1-9H3;3*1H3;. The van der Waals surface area contributed by atoms with Crippen molar-refractivity contribution < 1.29 is 5.11 Å². The van der Waals surface area contributed by atoms with E-state index in [2.05, 4.69) is 87.5 Å². The molecule has 0 rings (SSSR count). The van der Waals surface area contributed by atoms with Gasteiger partial charge in [-0.05, 0) is 0 Å². The molecule has 1 N–H and O–H groups in total. The fraction of sp³-hybridized carbons (Fsp3) is 0.800. The van der Waals surface area contributed by atoms with E-state index in [0.29, 0.717) is 16.6 Å². The van der Waals surface area contributed by atoms with Gasteiger partial charge in [0.05, 0.1) is 0 Å². The van der Waals surface area contributed by atoms with E-state index in [4.69, 9.17) is 0 Å². The first-order valence-electron chi connectivity index (χ1n) is 9.50. The third kappa shape index (κ3) is 5.75. The van der Waals surface area contributed by atoms with Gasteiger partial charge in [-0.1, -0.05) is 0 Å². The maximum atomic E-state index is 10.3. The van der Waals surface area contributed by atoms with Crippen molar-refractivity contribution in [1.82, 2.24) is 0 Å². The summed E-state index contributed by atoms with van der Waals surface area (Å²) in [5.41, 5.74) is 5.58. The van der Waals surface area contributed by atoms with E-state index in [0.717, 1.165) is 0 Å². The third-order valence-corrected chi connectivity index (χ3v) is 20.2. The second kappa shape index (κ2) is 8.92. The molecule has 0 unspecified atom stereocenters. The predicted octanol–water partition coefficient (Wildman–Crippen LogP) is 6.25. The van der Waals surface area contributed by atoms with Crippen LogP contribution in [0.15, 0.2) is 8.79 Å². The Kier molecular flexibility index (Phi) is 9.11. The molecule has 4 heteroatoms. The molecule has 0 bridgehead atoms. The van der Waals surface area contributed by atoms with Crippen LogP contribution in [-0.4, -0.2) is 46.2 Å². The Morgan fingerprint density at radius 1 is 0.875 bits per heavy atom. The monoisotopic (exact) mass is 474 g/mol. The molecule has 0 aliphatic heterocycles. The van der Waals surface area contributed by atoms with Crippen LogP contribution in [0.3, 0.4) is 0 Å². The molecule has 0 spiro atoms. The number of aliphatic hydroxyl groups is 1. The molecule has 0 aliphatic carbocycles. The fourth-order valence-corrected chi connectivity index (χ4v) is 19.5. The predicted molar refractivity (Wildman–Crippen MR) is 120 cm³/mol. The molecule has 0 saturated carbocycles. The van der Waals surface area contributed by atoms with E-state index in [9.17, 15) is 5.11 Å². The number of allylic oxidation sites excluding steroid dienone is 1. The first kappa shape index (κ1) is 24.5. The van der Waals surface area contributed by atoms with Gasteiger partial charge in [0.25, 0.3) is 0 Å². The topological polar surface area (TPSA) is 20.2 Å². The molecule has 0 radical (unpaired) electrons. The zero-order valence-electron chi connectivity index (χ0n) is 18.4. The summed E-state index contributed by atoms with van der Waals surface area (Å²) in [5.74, 6) is 3.75. The van der Waals surface area contributed by atoms with E-state index in [1.807, 2.05) is 0 Å². The van der Waals surface area contributed by atoms with Gasteiger partial charge < -0.3 is 0 Å². The molecular formula is C20H42OSi2Sn. The molecule has 0 aromatic rings. The van der Waals surface area contributed by atoms with Crippen LogP contribution in [0.1, 0.15) is 41.5 Å². The number of aliphatic hydroxyl groups excluding tert-OH is 1. The van der Waals surface area contributed by atoms with Crippen molar-refractivity contribution in [2.75, 3.05) is 6.61 Å². The second-order valence-corrected chi connectivity index (χ2v) is 35.3. The van der Waals surface area contributed by atoms with Crippen molar-refractivity contribution in [3.8, 4) is 11.5 Å². The summed E-state index contributed by atoms with van der Waals surface area (Å²) in [4.78, 5) is 7.28. The number of hydrogen-bond donors (Lipinski definition) is 1. The fourth-order valence-electron chi connectivity index (χ4n) is 4.25. The van der Waals surface area contributed by atoms with Gasteiger partial charge in [-0.25, -0.2) is 0 Å². The normalized spacial score (nSPS) is 14.8. The zero-order chi connectivity index (χ0) is 19.5. The van der Waals surface area contributed by atoms with Gasteiger partial charge >= 0.3 is 159 Å². The van der Waals surface area contributed by atoms with Gasteiger partial charge in [-0.15, -0.1) is 0 Å². The van der Waals surface area contributed by atoms with Crippen LogP contribution in [0.25, 0.3) is 0 Å². The van der Waals surface area contributed by atoms with Crippen LogP contribution in [-0.2, 0) is 0 Å². The van der Waals surface area contributed by atoms with Crippen molar-refractivity contribution >= 4 is 34.5 Å². The molecule has 140 valence electrons. The van der Waals surface area contributed by atoms with Crippen LogP contribution < -0.4 is 0 Å². The Morgan fingerprint density at radius 2 is 1.25 bits per heavy atom. The first-order valence-corrected chi connectivity index (χ1v) is 25.2. The van der Waals surface area contributed by atoms with E-state index >= 15 is 0 Å². The van der Waals surface area contributed by atoms with Crippen LogP contribution in [0.2, 0.25) is 51.1 Å². The van der Waals surface area contributed by atoms with E-state index in [1.54, 1.807) is 0 Å². The van der Waals surface area contributed by atoms with Gasteiger partial charge in [-0.3, -0.25) is 0 Å². The van der Waals surface area contributed by atoms with E-state index < -0.39 is 34.5 Å². The zero-order valence-corrected chi connectivity index (χ0v) is 23.2. The average molecular weight is 473 g/mol. The molecule has 0 aliphatic rings. The second-order valence-electron chi connectivity index (χ2n) is 10.2. The minimum atomic E-state index is -2.42. The van der Waals surface area contributed by atoms with Gasteiger partial charge in [0.15, 0.2) is 0 Å². The Balaban J connectivity index is 7.01. The molecular weight excluding hydrogens is 431 g/mol. The van der Waals surface area contributed by atoms with Gasteiger partial charge in [0.2, 0.25) is 0 Å². The van der Waals surface area contributed by atoms with E-state index in [-0.39, 0.29) is 6.61 Å². The van der Waals surface area contributed by atoms with Crippen molar-refractivity contribution in [3.05, 3.63) is 8.79 Å². The Morgan fingerprint density at radius 3 is 1.46 bits per heavy atom. The minimum absolute atomic E-state index is 0.218. The molecule has 0 saturated heterocycles. The summed E-state index contributed by atoms with van der Waals surface area (Å²) in [7, 11) is -3.28. The van der Waals surface area contributed by atoms with Crippen LogP contribution in [0.5, 0.6) is 0 Å². The molecule has 0 aromatic carbocycles. The molecule has 1 nitrogen and oxygen atoms in total. The van der Waals surface area contributed by atoms with Crippen molar-refractivity contribution in [3.63, 3.8) is 0 Å². The Bertz CT molecular complexity index is 487. The first-order chi connectivity index (χ1) is 10.6. The average Bonchev–Trinajstić information content (AvgIpc) is 2.32. The maximum absolute atomic E-state index is 10.3. The molecule has 0 aromatic heterocycles. The summed E-state index contributed by atoms with van der Waals surface area (Å²) in [5, 5.41) is 11.8. The molecule has 0 atom stereocenters. The van der Waals surface area contributed by atoms with Gasteiger partial charge in [0, 0.05) is 0 Å². The number of rotatable bonds is 6. The molecule has 0 fully saturated rings. The summed E-state index contributed by atoms with van der Waals surface area (Å²) in [6.07, 6.45) is 0.